The Morgan fingerprint density at radius 3 is 2.59 bits per heavy atom. The summed E-state index contributed by atoms with van der Waals surface area (Å²) in [6, 6.07) is 7.04. The molecule has 1 aromatic rings. The minimum absolute atomic E-state index is 0.104. The van der Waals surface area contributed by atoms with Crippen LogP contribution in [0, 0.1) is 0 Å². The Morgan fingerprint density at radius 2 is 1.95 bits per heavy atom. The highest BCUT2D eigenvalue weighted by Crippen LogP contribution is 2.39. The molecule has 1 aromatic carbocycles. The van der Waals surface area contributed by atoms with E-state index in [1.54, 1.807) is 0 Å². The maximum atomic E-state index is 6.17. The van der Waals surface area contributed by atoms with Crippen molar-refractivity contribution in [2.24, 2.45) is 0 Å². The van der Waals surface area contributed by atoms with E-state index < -0.39 is 0 Å². The number of hydrogen-bond donors (Lipinski definition) is 1. The molecule has 0 amide bonds. The highest BCUT2D eigenvalue weighted by Gasteiger charge is 2.33. The van der Waals surface area contributed by atoms with Gasteiger partial charge >= 0.3 is 0 Å². The Kier molecular flexibility index (Phi) is 5.87. The number of hydrogen-bond acceptors (Lipinski definition) is 3. The van der Waals surface area contributed by atoms with E-state index in [9.17, 15) is 0 Å². The first-order valence-corrected chi connectivity index (χ1v) is 8.76. The SMILES string of the molecule is CCc1ccc2c(c1)C(NCCN(CC)CC)CC(C)(C)O2. The summed E-state index contributed by atoms with van der Waals surface area (Å²) in [4.78, 5) is 2.46. The molecule has 22 heavy (non-hydrogen) atoms. The molecule has 3 heteroatoms. The number of rotatable bonds is 7. The number of likely N-dealkylation sites (N-methyl/N-ethyl adjacent to an activating group) is 1. The first-order valence-electron chi connectivity index (χ1n) is 8.76. The first kappa shape index (κ1) is 17.3. The largest absolute Gasteiger partial charge is 0.487 e. The summed E-state index contributed by atoms with van der Waals surface area (Å²) in [5, 5.41) is 3.76. The molecule has 0 spiro atoms. The molecule has 3 nitrogen and oxygen atoms in total. The smallest absolute Gasteiger partial charge is 0.124 e. The summed E-state index contributed by atoms with van der Waals surface area (Å²) in [7, 11) is 0. The fraction of sp³-hybridized carbons (Fsp3) is 0.684. The molecule has 0 aromatic heterocycles. The molecule has 0 radical (unpaired) electrons. The van der Waals surface area contributed by atoms with E-state index >= 15 is 0 Å². The van der Waals surface area contributed by atoms with Gasteiger partial charge in [-0.05, 0) is 45.0 Å². The van der Waals surface area contributed by atoms with Crippen LogP contribution >= 0.6 is 0 Å². The third-order valence-corrected chi connectivity index (χ3v) is 4.65. The van der Waals surface area contributed by atoms with Crippen molar-refractivity contribution in [2.45, 2.75) is 59.1 Å². The minimum Gasteiger partial charge on any atom is -0.487 e. The third kappa shape index (κ3) is 4.23. The average molecular weight is 304 g/mol. The van der Waals surface area contributed by atoms with Crippen LogP contribution in [-0.4, -0.2) is 36.7 Å². The van der Waals surface area contributed by atoms with Gasteiger partial charge in [0, 0.05) is 31.1 Å². The van der Waals surface area contributed by atoms with E-state index in [0.717, 1.165) is 44.8 Å². The van der Waals surface area contributed by atoms with Crippen LogP contribution in [0.1, 0.15) is 58.2 Å². The Bertz CT molecular complexity index is 480. The zero-order chi connectivity index (χ0) is 16.2. The molecule has 0 fully saturated rings. The second-order valence-electron chi connectivity index (χ2n) is 6.83. The van der Waals surface area contributed by atoms with Crippen LogP contribution < -0.4 is 10.1 Å². The molecule has 2 rings (SSSR count). The van der Waals surface area contributed by atoms with Crippen LogP contribution in [0.15, 0.2) is 18.2 Å². The second-order valence-corrected chi connectivity index (χ2v) is 6.83. The average Bonchev–Trinajstić information content (AvgIpc) is 2.50. The van der Waals surface area contributed by atoms with E-state index in [1.165, 1.54) is 11.1 Å². The molecule has 1 unspecified atom stereocenters. The van der Waals surface area contributed by atoms with E-state index in [0.29, 0.717) is 6.04 Å². The lowest BCUT2D eigenvalue weighted by Crippen LogP contribution is -2.41. The van der Waals surface area contributed by atoms with Gasteiger partial charge in [0.2, 0.25) is 0 Å². The summed E-state index contributed by atoms with van der Waals surface area (Å²) in [5.74, 6) is 1.05. The predicted octanol–water partition coefficient (Wildman–Crippen LogP) is 3.78. The molecule has 1 atom stereocenters. The van der Waals surface area contributed by atoms with Gasteiger partial charge in [-0.15, -0.1) is 0 Å². The number of benzene rings is 1. The summed E-state index contributed by atoms with van der Waals surface area (Å²) < 4.78 is 6.17. The van der Waals surface area contributed by atoms with Crippen molar-refractivity contribution in [1.29, 1.82) is 0 Å². The van der Waals surface area contributed by atoms with Crippen molar-refractivity contribution >= 4 is 0 Å². The quantitative estimate of drug-likeness (QED) is 0.829. The third-order valence-electron chi connectivity index (χ3n) is 4.65. The Hall–Kier alpha value is -1.06. The fourth-order valence-electron chi connectivity index (χ4n) is 3.24. The molecule has 0 aliphatic carbocycles. The number of aryl methyl sites for hydroxylation is 1. The number of fused-ring (bicyclic) bond motifs is 1. The zero-order valence-corrected chi connectivity index (χ0v) is 14.9. The lowest BCUT2D eigenvalue weighted by Gasteiger charge is -2.38. The summed E-state index contributed by atoms with van der Waals surface area (Å²) in [6.07, 6.45) is 2.09. The number of nitrogens with one attached hydrogen (secondary N) is 1. The van der Waals surface area contributed by atoms with Gasteiger partial charge in [0.25, 0.3) is 0 Å². The molecule has 1 aliphatic heterocycles. The normalized spacial score (nSPS) is 19.8. The van der Waals surface area contributed by atoms with Crippen molar-refractivity contribution in [3.05, 3.63) is 29.3 Å². The topological polar surface area (TPSA) is 24.5 Å². The molecule has 124 valence electrons. The van der Waals surface area contributed by atoms with E-state index in [4.69, 9.17) is 4.74 Å². The number of ether oxygens (including phenoxy) is 1. The Morgan fingerprint density at radius 1 is 1.23 bits per heavy atom. The molecule has 1 heterocycles. The Labute approximate surface area is 136 Å². The van der Waals surface area contributed by atoms with Gasteiger partial charge in [-0.1, -0.05) is 32.9 Å². The van der Waals surface area contributed by atoms with E-state index in [-0.39, 0.29) is 5.60 Å². The maximum Gasteiger partial charge on any atom is 0.124 e. The van der Waals surface area contributed by atoms with Crippen molar-refractivity contribution in [1.82, 2.24) is 10.2 Å². The van der Waals surface area contributed by atoms with Crippen LogP contribution in [0.3, 0.4) is 0 Å². The first-order chi connectivity index (χ1) is 10.5. The fourth-order valence-corrected chi connectivity index (χ4v) is 3.24. The zero-order valence-electron chi connectivity index (χ0n) is 14.9. The highest BCUT2D eigenvalue weighted by molar-refractivity contribution is 5.42. The Balaban J connectivity index is 2.10. The second kappa shape index (κ2) is 7.47. The van der Waals surface area contributed by atoms with Gasteiger partial charge in [0.15, 0.2) is 0 Å². The summed E-state index contributed by atoms with van der Waals surface area (Å²) in [6.45, 7) is 15.4. The van der Waals surface area contributed by atoms with Crippen LogP contribution in [-0.2, 0) is 6.42 Å². The maximum absolute atomic E-state index is 6.17. The van der Waals surface area contributed by atoms with Crippen LogP contribution in [0.2, 0.25) is 0 Å². The van der Waals surface area contributed by atoms with Gasteiger partial charge < -0.3 is 15.0 Å². The molecule has 0 bridgehead atoms. The molecular weight excluding hydrogens is 272 g/mol. The van der Waals surface area contributed by atoms with Gasteiger partial charge in [0.1, 0.15) is 11.4 Å². The van der Waals surface area contributed by atoms with Gasteiger partial charge in [-0.3, -0.25) is 0 Å². The molecule has 0 saturated heterocycles. The van der Waals surface area contributed by atoms with Crippen LogP contribution in [0.25, 0.3) is 0 Å². The monoisotopic (exact) mass is 304 g/mol. The molecule has 0 saturated carbocycles. The summed E-state index contributed by atoms with van der Waals surface area (Å²) in [5.41, 5.74) is 2.61. The highest BCUT2D eigenvalue weighted by atomic mass is 16.5. The van der Waals surface area contributed by atoms with E-state index in [2.05, 4.69) is 63.0 Å². The van der Waals surface area contributed by atoms with Crippen molar-refractivity contribution < 1.29 is 4.74 Å². The molecule has 1 aliphatic rings. The predicted molar refractivity (Wildman–Crippen MR) is 93.7 cm³/mol. The molecular formula is C19H32N2O. The van der Waals surface area contributed by atoms with Crippen molar-refractivity contribution in [3.63, 3.8) is 0 Å². The van der Waals surface area contributed by atoms with Crippen LogP contribution in [0.5, 0.6) is 5.75 Å². The van der Waals surface area contributed by atoms with Gasteiger partial charge in [0.05, 0.1) is 0 Å². The lowest BCUT2D eigenvalue weighted by atomic mass is 9.88. The standard InChI is InChI=1S/C19H32N2O/c1-6-15-9-10-18-16(13-15)17(14-19(4,5)22-18)20-11-12-21(7-2)8-3/h9-10,13,17,20H,6-8,11-12,14H2,1-5H3. The molecule has 1 N–H and O–H groups in total. The van der Waals surface area contributed by atoms with Crippen LogP contribution in [0.4, 0.5) is 0 Å². The minimum atomic E-state index is -0.104. The van der Waals surface area contributed by atoms with Crippen molar-refractivity contribution in [2.75, 3.05) is 26.2 Å². The summed E-state index contributed by atoms with van der Waals surface area (Å²) >= 11 is 0. The van der Waals surface area contributed by atoms with Crippen molar-refractivity contribution in [3.8, 4) is 5.75 Å². The lowest BCUT2D eigenvalue weighted by molar-refractivity contribution is 0.0655. The van der Waals surface area contributed by atoms with Gasteiger partial charge in [-0.25, -0.2) is 0 Å². The number of nitrogens with zero attached hydrogens (tertiary/aromatic N) is 1. The van der Waals surface area contributed by atoms with E-state index in [1.807, 2.05) is 0 Å². The van der Waals surface area contributed by atoms with Gasteiger partial charge in [-0.2, -0.15) is 0 Å².